The first-order valence-corrected chi connectivity index (χ1v) is 10.8. The molecule has 2 aromatic rings. The minimum atomic E-state index is -3.50. The number of methoxy groups -OCH3 is 1. The summed E-state index contributed by atoms with van der Waals surface area (Å²) in [5.41, 5.74) is 0.949. The molecule has 1 aliphatic heterocycles. The third kappa shape index (κ3) is 4.36. The maximum absolute atomic E-state index is 12.8. The van der Waals surface area contributed by atoms with Crippen LogP contribution in [-0.4, -0.2) is 50.8 Å². The molecule has 7 heteroatoms. The number of ether oxygens (including phenoxy) is 1. The molecule has 6 nitrogen and oxygen atoms in total. The Labute approximate surface area is 166 Å². The summed E-state index contributed by atoms with van der Waals surface area (Å²) in [7, 11) is -0.103. The summed E-state index contributed by atoms with van der Waals surface area (Å²) < 4.78 is 32.3. The van der Waals surface area contributed by atoms with Gasteiger partial charge in [0.15, 0.2) is 0 Å². The normalized spacial score (nSPS) is 15.9. The van der Waals surface area contributed by atoms with Crippen LogP contribution in [0.25, 0.3) is 0 Å². The summed E-state index contributed by atoms with van der Waals surface area (Å²) in [6, 6.07) is 16.1. The maximum Gasteiger partial charge on any atom is 0.243 e. The molecule has 1 fully saturated rings. The fourth-order valence-corrected chi connectivity index (χ4v) is 5.05. The summed E-state index contributed by atoms with van der Waals surface area (Å²) in [5, 5.41) is 0. The van der Waals surface area contributed by atoms with Gasteiger partial charge in [0.1, 0.15) is 5.75 Å². The van der Waals surface area contributed by atoms with Crippen LogP contribution in [-0.2, 0) is 21.4 Å². The van der Waals surface area contributed by atoms with Crippen LogP contribution in [0.4, 0.5) is 0 Å². The van der Waals surface area contributed by atoms with E-state index in [1.807, 2.05) is 24.3 Å². The first-order chi connectivity index (χ1) is 13.4. The van der Waals surface area contributed by atoms with Gasteiger partial charge < -0.3 is 9.64 Å². The van der Waals surface area contributed by atoms with Gasteiger partial charge in [-0.15, -0.1) is 0 Å². The summed E-state index contributed by atoms with van der Waals surface area (Å²) in [4.78, 5) is 14.8. The van der Waals surface area contributed by atoms with Crippen molar-refractivity contribution in [1.29, 1.82) is 0 Å². The van der Waals surface area contributed by atoms with Crippen LogP contribution in [0.5, 0.6) is 5.75 Å². The third-order valence-electron chi connectivity index (χ3n) is 5.16. The molecular weight excluding hydrogens is 376 g/mol. The quantitative estimate of drug-likeness (QED) is 0.745. The van der Waals surface area contributed by atoms with Crippen LogP contribution in [0, 0.1) is 5.92 Å². The Morgan fingerprint density at radius 2 is 1.68 bits per heavy atom. The van der Waals surface area contributed by atoms with Gasteiger partial charge in [-0.3, -0.25) is 4.79 Å². The van der Waals surface area contributed by atoms with Gasteiger partial charge in [0.2, 0.25) is 15.9 Å². The first kappa shape index (κ1) is 20.4. The van der Waals surface area contributed by atoms with Crippen molar-refractivity contribution in [3.05, 3.63) is 60.2 Å². The predicted octanol–water partition coefficient (Wildman–Crippen LogP) is 2.75. The summed E-state index contributed by atoms with van der Waals surface area (Å²) in [6.07, 6.45) is 1.06. The van der Waals surface area contributed by atoms with Crippen molar-refractivity contribution in [3.63, 3.8) is 0 Å². The zero-order valence-corrected chi connectivity index (χ0v) is 17.1. The minimum absolute atomic E-state index is 0.0441. The molecule has 1 heterocycles. The fourth-order valence-electron chi connectivity index (χ4n) is 3.56. The zero-order chi connectivity index (χ0) is 20.1. The number of carbonyl (C=O) groups excluding carboxylic acids is 1. The average molecular weight is 403 g/mol. The molecule has 150 valence electrons. The van der Waals surface area contributed by atoms with E-state index < -0.39 is 10.0 Å². The van der Waals surface area contributed by atoms with Crippen molar-refractivity contribution in [3.8, 4) is 5.75 Å². The Morgan fingerprint density at radius 1 is 1.07 bits per heavy atom. The number of piperidine rings is 1. The Balaban J connectivity index is 1.60. The molecule has 28 heavy (non-hydrogen) atoms. The van der Waals surface area contributed by atoms with Crippen molar-refractivity contribution in [2.75, 3.05) is 27.2 Å². The zero-order valence-electron chi connectivity index (χ0n) is 16.2. The van der Waals surface area contributed by atoms with E-state index in [1.54, 1.807) is 49.4 Å². The van der Waals surface area contributed by atoms with Gasteiger partial charge in [-0.05, 0) is 31.0 Å². The van der Waals surface area contributed by atoms with Crippen molar-refractivity contribution in [2.45, 2.75) is 24.3 Å². The number of hydrogen-bond acceptors (Lipinski definition) is 4. The molecule has 1 amide bonds. The smallest absolute Gasteiger partial charge is 0.243 e. The molecular formula is C21H26N2O4S. The van der Waals surface area contributed by atoms with Crippen LogP contribution >= 0.6 is 0 Å². The monoisotopic (exact) mass is 402 g/mol. The minimum Gasteiger partial charge on any atom is -0.496 e. The second kappa shape index (κ2) is 8.75. The number of nitrogens with zero attached hydrogens (tertiary/aromatic N) is 2. The molecule has 0 aliphatic carbocycles. The lowest BCUT2D eigenvalue weighted by Crippen LogP contribution is -2.43. The van der Waals surface area contributed by atoms with Gasteiger partial charge >= 0.3 is 0 Å². The van der Waals surface area contributed by atoms with Gasteiger partial charge in [-0.2, -0.15) is 4.31 Å². The lowest BCUT2D eigenvalue weighted by Gasteiger charge is -2.32. The van der Waals surface area contributed by atoms with E-state index in [1.165, 1.54) is 4.31 Å². The lowest BCUT2D eigenvalue weighted by molar-refractivity contribution is -0.135. The topological polar surface area (TPSA) is 66.9 Å². The molecule has 0 saturated carbocycles. The van der Waals surface area contributed by atoms with Gasteiger partial charge in [0.05, 0.1) is 12.0 Å². The van der Waals surface area contributed by atoms with Crippen LogP contribution < -0.4 is 4.74 Å². The van der Waals surface area contributed by atoms with Crippen molar-refractivity contribution >= 4 is 15.9 Å². The average Bonchev–Trinajstić information content (AvgIpc) is 2.74. The number of benzene rings is 2. The second-order valence-electron chi connectivity index (χ2n) is 7.00. The molecule has 0 spiro atoms. The standard InChI is InChI=1S/C21H26N2O4S/c1-22(16-18-8-6-7-11-20(18)27-2)21(24)17-12-14-23(15-13-17)28(25,26)19-9-4-3-5-10-19/h3-11,17H,12-16H2,1-2H3. The number of carbonyl (C=O) groups is 1. The van der Waals surface area contributed by atoms with Crippen LogP contribution in [0.2, 0.25) is 0 Å². The third-order valence-corrected chi connectivity index (χ3v) is 7.07. The lowest BCUT2D eigenvalue weighted by atomic mass is 9.96. The molecule has 0 unspecified atom stereocenters. The molecule has 0 aromatic heterocycles. The van der Waals surface area contributed by atoms with Crippen LogP contribution in [0.1, 0.15) is 18.4 Å². The summed E-state index contributed by atoms with van der Waals surface area (Å²) in [6.45, 7) is 1.18. The highest BCUT2D eigenvalue weighted by Gasteiger charge is 2.33. The van der Waals surface area contributed by atoms with Crippen LogP contribution in [0.3, 0.4) is 0 Å². The Kier molecular flexibility index (Phi) is 6.36. The molecule has 1 aliphatic rings. The Hall–Kier alpha value is -2.38. The van der Waals surface area contributed by atoms with Gasteiger partial charge in [0, 0.05) is 38.2 Å². The largest absolute Gasteiger partial charge is 0.496 e. The van der Waals surface area contributed by atoms with E-state index in [2.05, 4.69) is 0 Å². The molecule has 0 radical (unpaired) electrons. The summed E-state index contributed by atoms with van der Waals surface area (Å²) in [5.74, 6) is 0.635. The summed E-state index contributed by atoms with van der Waals surface area (Å²) >= 11 is 0. The second-order valence-corrected chi connectivity index (χ2v) is 8.94. The first-order valence-electron chi connectivity index (χ1n) is 9.35. The van der Waals surface area contributed by atoms with Crippen molar-refractivity contribution in [1.82, 2.24) is 9.21 Å². The fraction of sp³-hybridized carbons (Fsp3) is 0.381. The number of rotatable bonds is 6. The Bertz CT molecular complexity index is 907. The maximum atomic E-state index is 12.8. The van der Waals surface area contributed by atoms with E-state index in [0.717, 1.165) is 11.3 Å². The van der Waals surface area contributed by atoms with Gasteiger partial charge in [-0.1, -0.05) is 36.4 Å². The van der Waals surface area contributed by atoms with E-state index in [4.69, 9.17) is 4.74 Å². The molecule has 2 aromatic carbocycles. The number of hydrogen-bond donors (Lipinski definition) is 0. The van der Waals surface area contributed by atoms with E-state index >= 15 is 0 Å². The van der Waals surface area contributed by atoms with Gasteiger partial charge in [0.25, 0.3) is 0 Å². The Morgan fingerprint density at radius 3 is 2.32 bits per heavy atom. The highest BCUT2D eigenvalue weighted by Crippen LogP contribution is 2.26. The van der Waals surface area contributed by atoms with E-state index in [9.17, 15) is 13.2 Å². The predicted molar refractivity (Wildman–Crippen MR) is 107 cm³/mol. The molecule has 0 bridgehead atoms. The van der Waals surface area contributed by atoms with Crippen molar-refractivity contribution in [2.24, 2.45) is 5.92 Å². The number of para-hydroxylation sites is 1. The van der Waals surface area contributed by atoms with E-state index in [-0.39, 0.29) is 11.8 Å². The number of sulfonamides is 1. The molecule has 1 saturated heterocycles. The number of amides is 1. The van der Waals surface area contributed by atoms with E-state index in [0.29, 0.717) is 37.4 Å². The molecule has 3 rings (SSSR count). The molecule has 0 atom stereocenters. The van der Waals surface area contributed by atoms with Crippen LogP contribution in [0.15, 0.2) is 59.5 Å². The highest BCUT2D eigenvalue weighted by atomic mass is 32.2. The molecule has 0 N–H and O–H groups in total. The van der Waals surface area contributed by atoms with Crippen molar-refractivity contribution < 1.29 is 17.9 Å². The van der Waals surface area contributed by atoms with Gasteiger partial charge in [-0.25, -0.2) is 8.42 Å². The SMILES string of the molecule is COc1ccccc1CN(C)C(=O)C1CCN(S(=O)(=O)c2ccccc2)CC1. The highest BCUT2D eigenvalue weighted by molar-refractivity contribution is 7.89.